The van der Waals surface area contributed by atoms with Gasteiger partial charge in [-0.1, -0.05) is 152 Å². The Morgan fingerprint density at radius 1 is 0.271 bits per heavy atom. The fraction of sp³-hybridized carbons (Fsp3) is 0. The van der Waals surface area contributed by atoms with E-state index in [9.17, 15) is 0 Å². The average molecular weight is 749 g/mol. The molecule has 0 unspecified atom stereocenters. The molecule has 2 aromatic heterocycles. The largest absolute Gasteiger partial charge is 0.456 e. The third kappa shape index (κ3) is 4.89. The second-order valence-corrected chi connectivity index (χ2v) is 15.7. The highest BCUT2D eigenvalue weighted by Crippen LogP contribution is 2.45. The van der Waals surface area contributed by atoms with Crippen LogP contribution in [0.25, 0.3) is 132 Å². The van der Waals surface area contributed by atoms with Crippen LogP contribution in [-0.4, -0.2) is 9.97 Å². The van der Waals surface area contributed by atoms with E-state index in [1.165, 1.54) is 64.6 Å². The normalized spacial score (nSPS) is 12.1. The second-order valence-electron chi connectivity index (χ2n) is 15.7. The summed E-state index contributed by atoms with van der Waals surface area (Å²) >= 11 is 0. The van der Waals surface area contributed by atoms with Crippen LogP contribution in [0.4, 0.5) is 0 Å². The maximum absolute atomic E-state index is 6.31. The molecule has 11 aromatic carbocycles. The van der Waals surface area contributed by atoms with Gasteiger partial charge in [0.15, 0.2) is 5.82 Å². The highest BCUT2D eigenvalue weighted by atomic mass is 16.3. The zero-order valence-corrected chi connectivity index (χ0v) is 31.8. The van der Waals surface area contributed by atoms with Crippen molar-refractivity contribution in [3.05, 3.63) is 194 Å². The van der Waals surface area contributed by atoms with Crippen LogP contribution in [-0.2, 0) is 0 Å². The molecule has 0 bridgehead atoms. The minimum absolute atomic E-state index is 0.681. The van der Waals surface area contributed by atoms with Gasteiger partial charge in [0.2, 0.25) is 0 Å². The molecular formula is C56H32N2O. The minimum atomic E-state index is 0.681. The number of nitrogens with zero attached hydrogens (tertiary/aromatic N) is 2. The average Bonchev–Trinajstić information content (AvgIpc) is 3.68. The van der Waals surface area contributed by atoms with Crippen molar-refractivity contribution in [3.8, 4) is 45.0 Å². The van der Waals surface area contributed by atoms with E-state index in [4.69, 9.17) is 14.4 Å². The molecule has 0 fully saturated rings. The van der Waals surface area contributed by atoms with E-state index in [2.05, 4.69) is 164 Å². The van der Waals surface area contributed by atoms with Crippen molar-refractivity contribution in [2.24, 2.45) is 0 Å². The first-order valence-corrected chi connectivity index (χ1v) is 20.1. The minimum Gasteiger partial charge on any atom is -0.456 e. The summed E-state index contributed by atoms with van der Waals surface area (Å²) in [6, 6.07) is 69.9. The van der Waals surface area contributed by atoms with Gasteiger partial charge in [0.1, 0.15) is 11.2 Å². The van der Waals surface area contributed by atoms with E-state index in [-0.39, 0.29) is 0 Å². The molecule has 0 radical (unpaired) electrons. The first kappa shape index (κ1) is 32.2. The highest BCUT2D eigenvalue weighted by Gasteiger charge is 2.18. The lowest BCUT2D eigenvalue weighted by atomic mass is 9.86. The molecule has 0 saturated carbocycles. The third-order valence-electron chi connectivity index (χ3n) is 12.3. The molecule has 0 saturated heterocycles. The summed E-state index contributed by atoms with van der Waals surface area (Å²) in [5.74, 6) is 0.681. The molecular weight excluding hydrogens is 717 g/mol. The number of hydrogen-bond donors (Lipinski definition) is 0. The van der Waals surface area contributed by atoms with Crippen molar-refractivity contribution in [3.63, 3.8) is 0 Å². The maximum Gasteiger partial charge on any atom is 0.160 e. The van der Waals surface area contributed by atoms with Gasteiger partial charge in [0, 0.05) is 27.5 Å². The summed E-state index contributed by atoms with van der Waals surface area (Å²) in [6.45, 7) is 0. The van der Waals surface area contributed by atoms with Gasteiger partial charge in [-0.25, -0.2) is 9.97 Å². The Bertz CT molecular complexity index is 3840. The summed E-state index contributed by atoms with van der Waals surface area (Å²) in [4.78, 5) is 10.4. The molecule has 0 spiro atoms. The van der Waals surface area contributed by atoms with Gasteiger partial charge in [-0.15, -0.1) is 0 Å². The molecule has 0 amide bonds. The Labute approximate surface area is 338 Å². The Morgan fingerprint density at radius 2 is 0.797 bits per heavy atom. The quantitative estimate of drug-likeness (QED) is 0.168. The summed E-state index contributed by atoms with van der Waals surface area (Å²) < 4.78 is 6.31. The van der Waals surface area contributed by atoms with Gasteiger partial charge in [-0.3, -0.25) is 0 Å². The Morgan fingerprint density at radius 3 is 1.51 bits per heavy atom. The number of rotatable bonds is 4. The summed E-state index contributed by atoms with van der Waals surface area (Å²) in [7, 11) is 0. The van der Waals surface area contributed by atoms with Crippen LogP contribution in [0.15, 0.2) is 199 Å². The topological polar surface area (TPSA) is 38.9 Å². The number of hydrogen-bond acceptors (Lipinski definition) is 3. The highest BCUT2D eigenvalue weighted by molar-refractivity contribution is 6.37. The fourth-order valence-electron chi connectivity index (χ4n) is 9.65. The van der Waals surface area contributed by atoms with Crippen LogP contribution in [0, 0.1) is 0 Å². The van der Waals surface area contributed by atoms with Gasteiger partial charge >= 0.3 is 0 Å². The molecule has 0 aliphatic carbocycles. The third-order valence-corrected chi connectivity index (χ3v) is 12.3. The number of furan rings is 1. The van der Waals surface area contributed by atoms with Crippen LogP contribution in [0.2, 0.25) is 0 Å². The van der Waals surface area contributed by atoms with E-state index >= 15 is 0 Å². The van der Waals surface area contributed by atoms with Gasteiger partial charge in [-0.05, 0) is 118 Å². The van der Waals surface area contributed by atoms with Crippen LogP contribution in [0.1, 0.15) is 0 Å². The van der Waals surface area contributed by atoms with Crippen LogP contribution in [0.3, 0.4) is 0 Å². The van der Waals surface area contributed by atoms with Crippen molar-refractivity contribution < 1.29 is 4.42 Å². The summed E-state index contributed by atoms with van der Waals surface area (Å²) in [5, 5.41) is 17.5. The summed E-state index contributed by atoms with van der Waals surface area (Å²) in [6.07, 6.45) is 0. The Kier molecular flexibility index (Phi) is 6.72. The van der Waals surface area contributed by atoms with Crippen LogP contribution >= 0.6 is 0 Å². The Hall–Kier alpha value is -7.88. The fourth-order valence-corrected chi connectivity index (χ4v) is 9.65. The summed E-state index contributed by atoms with van der Waals surface area (Å²) in [5.41, 5.74) is 8.69. The lowest BCUT2D eigenvalue weighted by molar-refractivity contribution is 0.669. The standard InChI is InChI=1S/C56H32N2O/c1-2-10-36(11-3-1)56-57-48(32-49(58-56)39-26-27-43-42-17-4-5-21-50(42)59-51(43)31-39)38-16-6-15-37(28-38)41-29-40-25-24-35-13-8-19-45-44-18-7-12-33-22-23-34-14-9-20-46(54(34)52(33)44)47(30-41)55(40)53(35)45/h1-32H. The number of aromatic nitrogens is 2. The zero-order valence-electron chi connectivity index (χ0n) is 31.8. The number of fused-ring (bicyclic) bond motifs is 5. The molecule has 3 heteroatoms. The molecule has 272 valence electrons. The predicted molar refractivity (Wildman–Crippen MR) is 247 cm³/mol. The van der Waals surface area contributed by atoms with Gasteiger partial charge in [0.25, 0.3) is 0 Å². The monoisotopic (exact) mass is 748 g/mol. The van der Waals surface area contributed by atoms with Crippen LogP contribution < -0.4 is 0 Å². The number of benzene rings is 10. The molecule has 0 atom stereocenters. The van der Waals surface area contributed by atoms with Crippen molar-refractivity contribution in [2.75, 3.05) is 0 Å². The van der Waals surface area contributed by atoms with Crippen molar-refractivity contribution >= 4 is 86.6 Å². The lowest BCUT2D eigenvalue weighted by Gasteiger charge is -2.17. The van der Waals surface area contributed by atoms with Gasteiger partial charge in [-0.2, -0.15) is 0 Å². The smallest absolute Gasteiger partial charge is 0.160 e. The van der Waals surface area contributed by atoms with Gasteiger partial charge in [0.05, 0.1) is 11.4 Å². The van der Waals surface area contributed by atoms with E-state index in [1.54, 1.807) is 0 Å². The maximum atomic E-state index is 6.31. The van der Waals surface area contributed by atoms with Crippen molar-refractivity contribution in [2.45, 2.75) is 0 Å². The van der Waals surface area contributed by atoms with Gasteiger partial charge < -0.3 is 4.42 Å². The lowest BCUT2D eigenvalue weighted by Crippen LogP contribution is -1.96. The van der Waals surface area contributed by atoms with E-state index in [0.29, 0.717) is 5.82 Å². The Balaban J connectivity index is 1.04. The zero-order chi connectivity index (χ0) is 38.6. The van der Waals surface area contributed by atoms with E-state index < -0.39 is 0 Å². The molecule has 0 aliphatic heterocycles. The first-order chi connectivity index (χ1) is 29.2. The molecule has 2 heterocycles. The molecule has 59 heavy (non-hydrogen) atoms. The van der Waals surface area contributed by atoms with Crippen molar-refractivity contribution in [1.29, 1.82) is 0 Å². The van der Waals surface area contributed by atoms with E-state index in [1.807, 2.05) is 30.3 Å². The van der Waals surface area contributed by atoms with Crippen LogP contribution in [0.5, 0.6) is 0 Å². The molecule has 0 N–H and O–H groups in total. The first-order valence-electron chi connectivity index (χ1n) is 20.1. The predicted octanol–water partition coefficient (Wildman–Crippen LogP) is 15.4. The second kappa shape index (κ2) is 12.3. The molecule has 13 rings (SSSR count). The molecule has 0 aliphatic rings. The molecule has 3 nitrogen and oxygen atoms in total. The van der Waals surface area contributed by atoms with E-state index in [0.717, 1.165) is 61.1 Å². The number of para-hydroxylation sites is 1. The molecule has 13 aromatic rings. The van der Waals surface area contributed by atoms with Crippen molar-refractivity contribution in [1.82, 2.24) is 9.97 Å². The SMILES string of the molecule is c1ccc(-c2nc(-c3cccc(-c4cc5ccc6cccc7c8cccc9ccc%10cccc(c(c4)c5c67)c%10c98)c3)cc(-c3ccc4c(c3)oc3ccccc34)n2)cc1.